The molecule has 1 aliphatic heterocycles. The number of carbonyl (C=O) groups excluding carboxylic acids is 2. The minimum atomic E-state index is -0.491. The average molecular weight is 350 g/mol. The highest BCUT2D eigenvalue weighted by atomic mass is 32.2. The van der Waals surface area contributed by atoms with E-state index in [4.69, 9.17) is 4.74 Å². The Morgan fingerprint density at radius 1 is 1.17 bits per heavy atom. The molecule has 0 fully saturated rings. The first-order valence-electron chi connectivity index (χ1n) is 8.15. The minimum absolute atomic E-state index is 0.0108. The third-order valence-corrected chi connectivity index (χ3v) is 4.87. The second-order valence-electron chi connectivity index (χ2n) is 7.12. The first kappa shape index (κ1) is 18.6. The summed E-state index contributed by atoms with van der Waals surface area (Å²) >= 11 is 1.25. The van der Waals surface area contributed by atoms with Crippen LogP contribution >= 0.6 is 11.8 Å². The Morgan fingerprint density at radius 3 is 2.46 bits per heavy atom. The Labute approximate surface area is 148 Å². The normalized spacial score (nSPS) is 14.6. The minimum Gasteiger partial charge on any atom is -0.444 e. The van der Waals surface area contributed by atoms with Crippen molar-refractivity contribution in [3.63, 3.8) is 0 Å². The van der Waals surface area contributed by atoms with Crippen molar-refractivity contribution in [3.8, 4) is 0 Å². The molecule has 2 rings (SSSR count). The molecule has 0 spiro atoms. The molecule has 0 bridgehead atoms. The van der Waals surface area contributed by atoms with Crippen molar-refractivity contribution in [2.75, 3.05) is 27.2 Å². The fourth-order valence-electron chi connectivity index (χ4n) is 2.53. The van der Waals surface area contributed by atoms with Gasteiger partial charge < -0.3 is 14.5 Å². The average Bonchev–Trinajstić information content (AvgIpc) is 2.68. The molecule has 0 N–H and O–H groups in total. The fourth-order valence-corrected chi connectivity index (χ4v) is 3.41. The molecular formula is C18H26N2O3S. The fraction of sp³-hybridized carbons (Fsp3) is 0.556. The van der Waals surface area contributed by atoms with E-state index in [0.29, 0.717) is 13.1 Å². The summed E-state index contributed by atoms with van der Waals surface area (Å²) in [6.45, 7) is 6.87. The van der Waals surface area contributed by atoms with Crippen LogP contribution in [0.1, 0.15) is 31.9 Å². The van der Waals surface area contributed by atoms with Gasteiger partial charge in [0.2, 0.25) is 0 Å². The van der Waals surface area contributed by atoms with Crippen LogP contribution in [0.2, 0.25) is 0 Å². The maximum absolute atomic E-state index is 12.3. The predicted octanol–water partition coefficient (Wildman–Crippen LogP) is 3.80. The monoisotopic (exact) mass is 350 g/mol. The van der Waals surface area contributed by atoms with Gasteiger partial charge in [0.15, 0.2) is 0 Å². The molecule has 0 aliphatic carbocycles. The number of rotatable bonds is 1. The highest BCUT2D eigenvalue weighted by Gasteiger charge is 2.25. The molecule has 0 unspecified atom stereocenters. The quantitative estimate of drug-likeness (QED) is 0.723. The Balaban J connectivity index is 2.13. The van der Waals surface area contributed by atoms with Crippen LogP contribution in [-0.4, -0.2) is 53.9 Å². The molecule has 5 nitrogen and oxygen atoms in total. The van der Waals surface area contributed by atoms with E-state index in [9.17, 15) is 9.59 Å². The lowest BCUT2D eigenvalue weighted by Crippen LogP contribution is -2.38. The van der Waals surface area contributed by atoms with Gasteiger partial charge in [-0.25, -0.2) is 4.79 Å². The molecule has 1 aliphatic rings. The second-order valence-corrected chi connectivity index (χ2v) is 8.12. The largest absolute Gasteiger partial charge is 0.444 e. The van der Waals surface area contributed by atoms with Gasteiger partial charge in [0, 0.05) is 32.1 Å². The molecule has 24 heavy (non-hydrogen) atoms. The van der Waals surface area contributed by atoms with E-state index >= 15 is 0 Å². The van der Waals surface area contributed by atoms with Crippen molar-refractivity contribution in [1.82, 2.24) is 9.80 Å². The third-order valence-electron chi connectivity index (χ3n) is 3.73. The van der Waals surface area contributed by atoms with E-state index in [1.807, 2.05) is 32.9 Å². The van der Waals surface area contributed by atoms with E-state index in [0.717, 1.165) is 17.7 Å². The van der Waals surface area contributed by atoms with Crippen molar-refractivity contribution >= 4 is 23.1 Å². The number of hydrogen-bond donors (Lipinski definition) is 0. The summed E-state index contributed by atoms with van der Waals surface area (Å²) in [6, 6.07) is 6.04. The molecule has 2 amide bonds. The van der Waals surface area contributed by atoms with Gasteiger partial charge in [0.1, 0.15) is 5.60 Å². The summed E-state index contributed by atoms with van der Waals surface area (Å²) in [5.74, 6) is 0. The molecule has 1 aromatic carbocycles. The van der Waals surface area contributed by atoms with Gasteiger partial charge in [0.25, 0.3) is 5.24 Å². The van der Waals surface area contributed by atoms with Crippen LogP contribution in [0.3, 0.4) is 0 Å². The van der Waals surface area contributed by atoms with Crippen molar-refractivity contribution in [3.05, 3.63) is 29.3 Å². The van der Waals surface area contributed by atoms with Crippen molar-refractivity contribution < 1.29 is 14.3 Å². The van der Waals surface area contributed by atoms with E-state index < -0.39 is 5.60 Å². The molecule has 132 valence electrons. The molecule has 1 heterocycles. The van der Waals surface area contributed by atoms with Gasteiger partial charge in [-0.15, -0.1) is 0 Å². The maximum Gasteiger partial charge on any atom is 0.410 e. The SMILES string of the molecule is CN(C)C(=O)Sc1cccc2c1CCN(C(=O)OC(C)(C)C)CC2. The lowest BCUT2D eigenvalue weighted by Gasteiger charge is -2.26. The number of thioether (sulfide) groups is 1. The zero-order chi connectivity index (χ0) is 17.9. The molecule has 0 aromatic heterocycles. The van der Waals surface area contributed by atoms with Crippen molar-refractivity contribution in [2.24, 2.45) is 0 Å². The summed E-state index contributed by atoms with van der Waals surface area (Å²) < 4.78 is 5.48. The van der Waals surface area contributed by atoms with E-state index in [2.05, 4.69) is 6.07 Å². The van der Waals surface area contributed by atoms with Gasteiger partial charge in [-0.1, -0.05) is 12.1 Å². The number of ether oxygens (including phenoxy) is 1. The zero-order valence-corrected chi connectivity index (χ0v) is 15.9. The Morgan fingerprint density at radius 2 is 1.83 bits per heavy atom. The van der Waals surface area contributed by atoms with E-state index in [1.54, 1.807) is 23.9 Å². The van der Waals surface area contributed by atoms with Crippen LogP contribution in [0.4, 0.5) is 9.59 Å². The van der Waals surface area contributed by atoms with Crippen LogP contribution in [0.15, 0.2) is 23.1 Å². The number of hydrogen-bond acceptors (Lipinski definition) is 4. The Hall–Kier alpha value is -1.69. The molecule has 0 atom stereocenters. The van der Waals surface area contributed by atoms with Crippen LogP contribution in [0.5, 0.6) is 0 Å². The van der Waals surface area contributed by atoms with Gasteiger partial charge in [-0.3, -0.25) is 4.79 Å². The number of amides is 2. The Bertz CT molecular complexity index is 623. The van der Waals surface area contributed by atoms with Gasteiger partial charge in [0.05, 0.1) is 0 Å². The van der Waals surface area contributed by atoms with Crippen LogP contribution in [-0.2, 0) is 17.6 Å². The van der Waals surface area contributed by atoms with Crippen LogP contribution in [0, 0.1) is 0 Å². The van der Waals surface area contributed by atoms with Crippen LogP contribution < -0.4 is 0 Å². The maximum atomic E-state index is 12.3. The predicted molar refractivity (Wildman–Crippen MR) is 96.6 cm³/mol. The van der Waals surface area contributed by atoms with E-state index in [1.165, 1.54) is 22.9 Å². The highest BCUT2D eigenvalue weighted by molar-refractivity contribution is 8.13. The number of nitrogens with zero attached hydrogens (tertiary/aromatic N) is 2. The standard InChI is InChI=1S/C18H26N2O3S/c1-18(2,3)23-16(21)20-11-9-13-7-6-8-15(14(13)10-12-20)24-17(22)19(4)5/h6-8H,9-12H2,1-5H3. The van der Waals surface area contributed by atoms with Crippen molar-refractivity contribution in [2.45, 2.75) is 44.1 Å². The smallest absolute Gasteiger partial charge is 0.410 e. The van der Waals surface area contributed by atoms with E-state index in [-0.39, 0.29) is 11.3 Å². The molecule has 0 saturated carbocycles. The topological polar surface area (TPSA) is 49.9 Å². The number of fused-ring (bicyclic) bond motifs is 1. The third kappa shape index (κ3) is 4.90. The van der Waals surface area contributed by atoms with Gasteiger partial charge in [-0.2, -0.15) is 0 Å². The van der Waals surface area contributed by atoms with Crippen molar-refractivity contribution in [1.29, 1.82) is 0 Å². The highest BCUT2D eigenvalue weighted by Crippen LogP contribution is 2.30. The lowest BCUT2D eigenvalue weighted by atomic mass is 10.0. The second kappa shape index (κ2) is 7.47. The zero-order valence-electron chi connectivity index (χ0n) is 15.1. The van der Waals surface area contributed by atoms with Gasteiger partial charge >= 0.3 is 6.09 Å². The van der Waals surface area contributed by atoms with Gasteiger partial charge in [-0.05, 0) is 62.6 Å². The first-order chi connectivity index (χ1) is 11.2. The molecule has 0 saturated heterocycles. The molecular weight excluding hydrogens is 324 g/mol. The number of carbonyl (C=O) groups is 2. The molecule has 0 radical (unpaired) electrons. The molecule has 6 heteroatoms. The van der Waals surface area contributed by atoms with Crippen LogP contribution in [0.25, 0.3) is 0 Å². The first-order valence-corrected chi connectivity index (χ1v) is 8.97. The summed E-state index contributed by atoms with van der Waals surface area (Å²) in [5, 5.41) is 0.0108. The number of benzene rings is 1. The summed E-state index contributed by atoms with van der Waals surface area (Å²) in [4.78, 5) is 28.6. The Kier molecular flexibility index (Phi) is 5.80. The summed E-state index contributed by atoms with van der Waals surface area (Å²) in [5.41, 5.74) is 1.89. The molecule has 1 aromatic rings. The lowest BCUT2D eigenvalue weighted by molar-refractivity contribution is 0.0258. The summed E-state index contributed by atoms with van der Waals surface area (Å²) in [7, 11) is 3.50. The summed E-state index contributed by atoms with van der Waals surface area (Å²) in [6.07, 6.45) is 1.24.